The predicted octanol–water partition coefficient (Wildman–Crippen LogP) is 4.54. The van der Waals surface area contributed by atoms with Gasteiger partial charge in [-0.2, -0.15) is 0 Å². The van der Waals surface area contributed by atoms with E-state index >= 15 is 0 Å². The van der Waals surface area contributed by atoms with E-state index in [2.05, 4.69) is 21.2 Å². The maximum absolute atomic E-state index is 13.7. The van der Waals surface area contributed by atoms with Crippen LogP contribution in [0.5, 0.6) is 0 Å². The minimum atomic E-state index is -0.506. The molecule has 0 aliphatic heterocycles. The van der Waals surface area contributed by atoms with Crippen molar-refractivity contribution in [3.63, 3.8) is 0 Å². The first-order valence-electron chi connectivity index (χ1n) is 6.39. The van der Waals surface area contributed by atoms with E-state index in [0.717, 1.165) is 15.6 Å². The molecule has 106 valence electrons. The standard InChI is InChI=1S/C16H16BrF2N/c1-10-6-7-11(13(17)8-10)16(20-2)9-12-14(18)4-3-5-15(12)19/h3-8,16,20H,9H2,1-2H3. The predicted molar refractivity (Wildman–Crippen MR) is 80.7 cm³/mol. The average Bonchev–Trinajstić information content (AvgIpc) is 2.40. The molecular formula is C16H16BrF2N. The Balaban J connectivity index is 2.34. The van der Waals surface area contributed by atoms with Crippen LogP contribution in [0, 0.1) is 18.6 Å². The van der Waals surface area contributed by atoms with Gasteiger partial charge in [-0.25, -0.2) is 8.78 Å². The molecule has 0 amide bonds. The Morgan fingerprint density at radius 2 is 1.80 bits per heavy atom. The maximum Gasteiger partial charge on any atom is 0.129 e. The molecule has 0 fully saturated rings. The molecule has 1 N–H and O–H groups in total. The van der Waals surface area contributed by atoms with Crippen molar-refractivity contribution in [1.82, 2.24) is 5.32 Å². The number of halogens is 3. The van der Waals surface area contributed by atoms with Crippen molar-refractivity contribution in [3.05, 3.63) is 69.2 Å². The van der Waals surface area contributed by atoms with Gasteiger partial charge >= 0.3 is 0 Å². The molecule has 0 aliphatic rings. The lowest BCUT2D eigenvalue weighted by Gasteiger charge is -2.19. The third-order valence-electron chi connectivity index (χ3n) is 3.35. The fourth-order valence-corrected chi connectivity index (χ4v) is 2.98. The minimum Gasteiger partial charge on any atom is -0.313 e. The lowest BCUT2D eigenvalue weighted by Crippen LogP contribution is -2.20. The van der Waals surface area contributed by atoms with Crippen LogP contribution >= 0.6 is 15.9 Å². The number of rotatable bonds is 4. The highest BCUT2D eigenvalue weighted by Crippen LogP contribution is 2.28. The van der Waals surface area contributed by atoms with Crippen molar-refractivity contribution >= 4 is 15.9 Å². The van der Waals surface area contributed by atoms with Gasteiger partial charge in [-0.1, -0.05) is 34.1 Å². The summed E-state index contributed by atoms with van der Waals surface area (Å²) < 4.78 is 28.4. The molecule has 0 saturated carbocycles. The van der Waals surface area contributed by atoms with Gasteiger partial charge in [0, 0.05) is 16.1 Å². The fourth-order valence-electron chi connectivity index (χ4n) is 2.21. The Bertz CT molecular complexity index is 593. The summed E-state index contributed by atoms with van der Waals surface area (Å²) in [4.78, 5) is 0. The van der Waals surface area contributed by atoms with Crippen molar-refractivity contribution in [2.24, 2.45) is 0 Å². The Morgan fingerprint density at radius 3 is 2.35 bits per heavy atom. The fraction of sp³-hybridized carbons (Fsp3) is 0.250. The summed E-state index contributed by atoms with van der Waals surface area (Å²) in [6, 6.07) is 9.75. The molecule has 0 spiro atoms. The van der Waals surface area contributed by atoms with E-state index in [1.54, 1.807) is 7.05 Å². The lowest BCUT2D eigenvalue weighted by atomic mass is 9.97. The zero-order valence-electron chi connectivity index (χ0n) is 11.4. The second kappa shape index (κ2) is 6.46. The largest absolute Gasteiger partial charge is 0.313 e. The number of nitrogens with one attached hydrogen (secondary N) is 1. The molecule has 20 heavy (non-hydrogen) atoms. The second-order valence-corrected chi connectivity index (χ2v) is 5.62. The van der Waals surface area contributed by atoms with Gasteiger partial charge in [-0.15, -0.1) is 0 Å². The van der Waals surface area contributed by atoms with Crippen molar-refractivity contribution < 1.29 is 8.78 Å². The van der Waals surface area contributed by atoms with Crippen LogP contribution < -0.4 is 5.32 Å². The van der Waals surface area contributed by atoms with Crippen LogP contribution in [0.2, 0.25) is 0 Å². The van der Waals surface area contributed by atoms with E-state index < -0.39 is 11.6 Å². The summed E-state index contributed by atoms with van der Waals surface area (Å²) in [5.41, 5.74) is 2.23. The second-order valence-electron chi connectivity index (χ2n) is 4.77. The zero-order chi connectivity index (χ0) is 14.7. The number of benzene rings is 2. The molecule has 1 atom stereocenters. The normalized spacial score (nSPS) is 12.4. The van der Waals surface area contributed by atoms with Crippen LogP contribution in [0.25, 0.3) is 0 Å². The first-order valence-corrected chi connectivity index (χ1v) is 7.18. The third-order valence-corrected chi connectivity index (χ3v) is 4.04. The van der Waals surface area contributed by atoms with Crippen LogP contribution in [0.1, 0.15) is 22.7 Å². The number of aryl methyl sites for hydroxylation is 1. The quantitative estimate of drug-likeness (QED) is 0.862. The van der Waals surface area contributed by atoms with Crippen molar-refractivity contribution in [1.29, 1.82) is 0 Å². The van der Waals surface area contributed by atoms with Crippen molar-refractivity contribution in [2.75, 3.05) is 7.05 Å². The van der Waals surface area contributed by atoms with Gasteiger partial charge < -0.3 is 5.32 Å². The summed E-state index contributed by atoms with van der Waals surface area (Å²) in [7, 11) is 1.79. The van der Waals surface area contributed by atoms with Crippen LogP contribution in [-0.2, 0) is 6.42 Å². The number of likely N-dealkylation sites (N-methyl/N-ethyl adjacent to an activating group) is 1. The van der Waals surface area contributed by atoms with E-state index in [1.165, 1.54) is 18.2 Å². The van der Waals surface area contributed by atoms with E-state index in [-0.39, 0.29) is 18.0 Å². The molecule has 0 saturated heterocycles. The highest BCUT2D eigenvalue weighted by molar-refractivity contribution is 9.10. The van der Waals surface area contributed by atoms with Crippen LogP contribution in [0.3, 0.4) is 0 Å². The molecule has 2 aromatic carbocycles. The van der Waals surface area contributed by atoms with Crippen molar-refractivity contribution in [3.8, 4) is 0 Å². The Kier molecular flexibility index (Phi) is 4.89. The van der Waals surface area contributed by atoms with Gasteiger partial charge in [0.05, 0.1) is 0 Å². The number of hydrogen-bond donors (Lipinski definition) is 1. The highest BCUT2D eigenvalue weighted by Gasteiger charge is 2.18. The molecule has 1 unspecified atom stereocenters. The molecule has 2 rings (SSSR count). The molecule has 0 aromatic heterocycles. The lowest BCUT2D eigenvalue weighted by molar-refractivity contribution is 0.514. The summed E-state index contributed by atoms with van der Waals surface area (Å²) in [6.07, 6.45) is 0.261. The van der Waals surface area contributed by atoms with Crippen LogP contribution in [0.4, 0.5) is 8.78 Å². The van der Waals surface area contributed by atoms with E-state index in [0.29, 0.717) is 0 Å². The summed E-state index contributed by atoms with van der Waals surface area (Å²) in [5.74, 6) is -1.01. The monoisotopic (exact) mass is 339 g/mol. The average molecular weight is 340 g/mol. The Labute approximate surface area is 126 Å². The summed E-state index contributed by atoms with van der Waals surface area (Å²) in [5, 5.41) is 3.12. The summed E-state index contributed by atoms with van der Waals surface area (Å²) in [6.45, 7) is 2.00. The van der Waals surface area contributed by atoms with Gasteiger partial charge in [0.25, 0.3) is 0 Å². The van der Waals surface area contributed by atoms with Crippen LogP contribution in [0.15, 0.2) is 40.9 Å². The van der Waals surface area contributed by atoms with Gasteiger partial charge in [-0.05, 0) is 49.7 Å². The van der Waals surface area contributed by atoms with Gasteiger partial charge in [0.1, 0.15) is 11.6 Å². The Hall–Kier alpha value is -1.26. The van der Waals surface area contributed by atoms with Crippen LogP contribution in [-0.4, -0.2) is 7.05 Å². The van der Waals surface area contributed by atoms with E-state index in [9.17, 15) is 8.78 Å². The van der Waals surface area contributed by atoms with Crippen molar-refractivity contribution in [2.45, 2.75) is 19.4 Å². The summed E-state index contributed by atoms with van der Waals surface area (Å²) >= 11 is 3.51. The molecule has 4 heteroatoms. The first kappa shape index (κ1) is 15.1. The van der Waals surface area contributed by atoms with Gasteiger partial charge in [0.15, 0.2) is 0 Å². The van der Waals surface area contributed by atoms with E-state index in [4.69, 9.17) is 0 Å². The molecule has 0 bridgehead atoms. The smallest absolute Gasteiger partial charge is 0.129 e. The third kappa shape index (κ3) is 3.25. The number of hydrogen-bond acceptors (Lipinski definition) is 1. The highest BCUT2D eigenvalue weighted by atomic mass is 79.9. The molecule has 0 radical (unpaired) electrons. The topological polar surface area (TPSA) is 12.0 Å². The zero-order valence-corrected chi connectivity index (χ0v) is 13.0. The molecule has 2 aromatic rings. The first-order chi connectivity index (χ1) is 9.52. The maximum atomic E-state index is 13.7. The molecule has 0 heterocycles. The molecule has 0 aliphatic carbocycles. The molecular weight excluding hydrogens is 324 g/mol. The molecule has 1 nitrogen and oxygen atoms in total. The SMILES string of the molecule is CNC(Cc1c(F)cccc1F)c1ccc(C)cc1Br. The van der Waals surface area contributed by atoms with Gasteiger partial charge in [0.2, 0.25) is 0 Å². The van der Waals surface area contributed by atoms with E-state index in [1.807, 2.05) is 25.1 Å². The minimum absolute atomic E-state index is 0.110. The van der Waals surface area contributed by atoms with Gasteiger partial charge in [-0.3, -0.25) is 0 Å². The Morgan fingerprint density at radius 1 is 1.15 bits per heavy atom.